The number of aryl methyl sites for hydroxylation is 1. The summed E-state index contributed by atoms with van der Waals surface area (Å²) in [5.74, 6) is 0.299. The Morgan fingerprint density at radius 2 is 1.71 bits per heavy atom. The Morgan fingerprint density at radius 1 is 1.06 bits per heavy atom. The molecule has 0 N–H and O–H groups in total. The molecule has 1 aromatic rings. The molecule has 0 amide bonds. The molecule has 0 heterocycles. The van der Waals surface area contributed by atoms with Crippen LogP contribution in [0.3, 0.4) is 0 Å². The van der Waals surface area contributed by atoms with Crippen LogP contribution in [0.4, 0.5) is 0 Å². The first-order valence-corrected chi connectivity index (χ1v) is 6.20. The van der Waals surface area contributed by atoms with E-state index in [4.69, 9.17) is 0 Å². The molecule has 90 valence electrons. The molecule has 0 saturated carbocycles. The molecule has 0 radical (unpaired) electrons. The number of benzene rings is 1. The SMILES string of the molecule is CC1=C(c2ccccc2C)C(=O)CC(C)(C)C1. The molecule has 0 atom stereocenters. The van der Waals surface area contributed by atoms with Gasteiger partial charge in [-0.1, -0.05) is 43.7 Å². The lowest BCUT2D eigenvalue weighted by Crippen LogP contribution is -2.24. The van der Waals surface area contributed by atoms with Crippen LogP contribution < -0.4 is 0 Å². The van der Waals surface area contributed by atoms with Crippen molar-refractivity contribution in [2.45, 2.75) is 40.5 Å². The summed E-state index contributed by atoms with van der Waals surface area (Å²) < 4.78 is 0. The van der Waals surface area contributed by atoms with E-state index in [2.05, 4.69) is 39.8 Å². The van der Waals surface area contributed by atoms with Gasteiger partial charge in [0, 0.05) is 12.0 Å². The van der Waals surface area contributed by atoms with Crippen LogP contribution in [0.15, 0.2) is 29.8 Å². The predicted octanol–water partition coefficient (Wildman–Crippen LogP) is 4.16. The molecule has 1 nitrogen and oxygen atoms in total. The minimum absolute atomic E-state index is 0.118. The Bertz CT molecular complexity index is 492. The van der Waals surface area contributed by atoms with Crippen molar-refractivity contribution in [2.24, 2.45) is 5.41 Å². The van der Waals surface area contributed by atoms with Gasteiger partial charge in [-0.25, -0.2) is 0 Å². The largest absolute Gasteiger partial charge is 0.294 e. The van der Waals surface area contributed by atoms with Gasteiger partial charge in [0.15, 0.2) is 5.78 Å². The van der Waals surface area contributed by atoms with E-state index in [0.29, 0.717) is 12.2 Å². The van der Waals surface area contributed by atoms with Gasteiger partial charge in [0.05, 0.1) is 0 Å². The third kappa shape index (κ3) is 2.33. The second kappa shape index (κ2) is 4.14. The lowest BCUT2D eigenvalue weighted by atomic mass is 9.72. The highest BCUT2D eigenvalue weighted by molar-refractivity contribution is 6.22. The molecule has 0 spiro atoms. The van der Waals surface area contributed by atoms with Gasteiger partial charge in [0.1, 0.15) is 0 Å². The van der Waals surface area contributed by atoms with Crippen molar-refractivity contribution in [3.63, 3.8) is 0 Å². The first-order valence-electron chi connectivity index (χ1n) is 6.20. The van der Waals surface area contributed by atoms with E-state index in [9.17, 15) is 4.79 Å². The van der Waals surface area contributed by atoms with E-state index in [1.165, 1.54) is 11.1 Å². The molecule has 0 aliphatic heterocycles. The van der Waals surface area contributed by atoms with Crippen molar-refractivity contribution >= 4 is 11.4 Å². The number of carbonyl (C=O) groups is 1. The third-order valence-corrected chi connectivity index (χ3v) is 3.50. The highest BCUT2D eigenvalue weighted by Gasteiger charge is 2.31. The molecular formula is C16H20O. The number of carbonyl (C=O) groups excluding carboxylic acids is 1. The number of Topliss-reactive ketones (excluding diaryl/α,β-unsaturated/α-hetero) is 1. The highest BCUT2D eigenvalue weighted by Crippen LogP contribution is 2.40. The van der Waals surface area contributed by atoms with Gasteiger partial charge in [-0.3, -0.25) is 4.79 Å². The summed E-state index contributed by atoms with van der Waals surface area (Å²) in [7, 11) is 0. The van der Waals surface area contributed by atoms with E-state index < -0.39 is 0 Å². The molecule has 1 aromatic carbocycles. The minimum atomic E-state index is 0.118. The molecular weight excluding hydrogens is 208 g/mol. The van der Waals surface area contributed by atoms with Crippen molar-refractivity contribution in [3.8, 4) is 0 Å². The Hall–Kier alpha value is -1.37. The smallest absolute Gasteiger partial charge is 0.163 e. The molecule has 17 heavy (non-hydrogen) atoms. The van der Waals surface area contributed by atoms with Crippen LogP contribution in [0, 0.1) is 12.3 Å². The van der Waals surface area contributed by atoms with Crippen LogP contribution in [0.2, 0.25) is 0 Å². The molecule has 0 aromatic heterocycles. The van der Waals surface area contributed by atoms with Crippen molar-refractivity contribution in [2.75, 3.05) is 0 Å². The quantitative estimate of drug-likeness (QED) is 0.705. The number of rotatable bonds is 1. The van der Waals surface area contributed by atoms with Gasteiger partial charge in [-0.2, -0.15) is 0 Å². The summed E-state index contributed by atoms with van der Waals surface area (Å²) in [6.07, 6.45) is 1.68. The van der Waals surface area contributed by atoms with E-state index in [0.717, 1.165) is 17.6 Å². The summed E-state index contributed by atoms with van der Waals surface area (Å²) in [5, 5.41) is 0. The van der Waals surface area contributed by atoms with Crippen molar-refractivity contribution < 1.29 is 4.79 Å². The van der Waals surface area contributed by atoms with Crippen molar-refractivity contribution in [1.29, 1.82) is 0 Å². The maximum absolute atomic E-state index is 12.3. The van der Waals surface area contributed by atoms with Crippen LogP contribution in [0.5, 0.6) is 0 Å². The minimum Gasteiger partial charge on any atom is -0.294 e. The molecule has 1 aliphatic carbocycles. The molecule has 1 heteroatoms. The molecule has 2 rings (SSSR count). The van der Waals surface area contributed by atoms with E-state index in [-0.39, 0.29) is 5.41 Å². The fourth-order valence-electron chi connectivity index (χ4n) is 2.86. The van der Waals surface area contributed by atoms with E-state index in [1.807, 2.05) is 12.1 Å². The van der Waals surface area contributed by atoms with Gasteiger partial charge in [-0.05, 0) is 36.8 Å². The van der Waals surface area contributed by atoms with Gasteiger partial charge < -0.3 is 0 Å². The zero-order chi connectivity index (χ0) is 12.6. The van der Waals surface area contributed by atoms with Crippen LogP contribution in [-0.2, 0) is 4.79 Å². The van der Waals surface area contributed by atoms with Crippen molar-refractivity contribution in [3.05, 3.63) is 41.0 Å². The van der Waals surface area contributed by atoms with Gasteiger partial charge in [0.25, 0.3) is 0 Å². The summed E-state index contributed by atoms with van der Waals surface area (Å²) >= 11 is 0. The first kappa shape index (κ1) is 12.1. The standard InChI is InChI=1S/C16H20O/c1-11-7-5-6-8-13(11)15-12(2)9-16(3,4)10-14(15)17/h5-8H,9-10H2,1-4H3. The highest BCUT2D eigenvalue weighted by atomic mass is 16.1. The summed E-state index contributed by atoms with van der Waals surface area (Å²) in [5.41, 5.74) is 4.62. The van der Waals surface area contributed by atoms with E-state index in [1.54, 1.807) is 0 Å². The van der Waals surface area contributed by atoms with Crippen LogP contribution >= 0.6 is 0 Å². The zero-order valence-corrected chi connectivity index (χ0v) is 11.1. The summed E-state index contributed by atoms with van der Waals surface area (Å²) in [4.78, 5) is 12.3. The van der Waals surface area contributed by atoms with Gasteiger partial charge >= 0.3 is 0 Å². The summed E-state index contributed by atoms with van der Waals surface area (Å²) in [6, 6.07) is 8.16. The number of ketones is 1. The maximum atomic E-state index is 12.3. The van der Waals surface area contributed by atoms with E-state index >= 15 is 0 Å². The predicted molar refractivity (Wildman–Crippen MR) is 71.8 cm³/mol. The number of hydrogen-bond donors (Lipinski definition) is 0. The second-order valence-corrected chi connectivity index (χ2v) is 5.91. The van der Waals surface area contributed by atoms with Gasteiger partial charge in [-0.15, -0.1) is 0 Å². The monoisotopic (exact) mass is 228 g/mol. The van der Waals surface area contributed by atoms with Crippen LogP contribution in [0.1, 0.15) is 44.7 Å². The van der Waals surface area contributed by atoms with Gasteiger partial charge in [0.2, 0.25) is 0 Å². The first-order chi connectivity index (χ1) is 7.91. The average molecular weight is 228 g/mol. The normalized spacial score (nSPS) is 19.6. The Kier molecular flexibility index (Phi) is 2.94. The number of allylic oxidation sites excluding steroid dienone is 2. The van der Waals surface area contributed by atoms with Crippen LogP contribution in [-0.4, -0.2) is 5.78 Å². The van der Waals surface area contributed by atoms with Crippen molar-refractivity contribution in [1.82, 2.24) is 0 Å². The molecule has 0 saturated heterocycles. The Morgan fingerprint density at radius 3 is 2.29 bits per heavy atom. The average Bonchev–Trinajstić information content (AvgIpc) is 2.17. The Balaban J connectivity index is 2.52. The third-order valence-electron chi connectivity index (χ3n) is 3.50. The molecule has 0 bridgehead atoms. The lowest BCUT2D eigenvalue weighted by molar-refractivity contribution is -0.116. The molecule has 1 aliphatic rings. The fourth-order valence-corrected chi connectivity index (χ4v) is 2.86. The number of hydrogen-bond acceptors (Lipinski definition) is 1. The lowest BCUT2D eigenvalue weighted by Gasteiger charge is -2.31. The second-order valence-electron chi connectivity index (χ2n) is 5.91. The maximum Gasteiger partial charge on any atom is 0.163 e. The topological polar surface area (TPSA) is 17.1 Å². The zero-order valence-electron chi connectivity index (χ0n) is 11.1. The molecule has 0 fully saturated rings. The molecule has 0 unspecified atom stereocenters. The summed E-state index contributed by atoms with van der Waals surface area (Å²) in [6.45, 7) is 8.51. The Labute approximate surface area is 104 Å². The fraction of sp³-hybridized carbons (Fsp3) is 0.438. The van der Waals surface area contributed by atoms with Crippen LogP contribution in [0.25, 0.3) is 5.57 Å².